The van der Waals surface area contributed by atoms with Gasteiger partial charge in [-0.1, -0.05) is 29.3 Å². The average Bonchev–Trinajstić information content (AvgIpc) is 2.58. The topological polar surface area (TPSA) is 79.2 Å². The number of benzene rings is 2. The summed E-state index contributed by atoms with van der Waals surface area (Å²) in [5, 5.41) is 11.0. The quantitative estimate of drug-likeness (QED) is 0.636. The maximum absolute atomic E-state index is 13.5. The number of nitrogens with zero attached hydrogens (tertiary/aromatic N) is 1. The Balaban J connectivity index is 2.07. The fourth-order valence-corrected chi connectivity index (χ4v) is 2.33. The van der Waals surface area contributed by atoms with Gasteiger partial charge < -0.3 is 10.1 Å². The van der Waals surface area contributed by atoms with E-state index in [2.05, 4.69) is 5.32 Å². The lowest BCUT2D eigenvalue weighted by Gasteiger charge is -2.14. The molecule has 2 aromatic carbocycles. The van der Waals surface area contributed by atoms with Gasteiger partial charge in [0.2, 0.25) is 0 Å². The summed E-state index contributed by atoms with van der Waals surface area (Å²) in [5.41, 5.74) is 0.503. The molecule has 0 radical (unpaired) electrons. The smallest absolute Gasteiger partial charge is 0.340 e. The zero-order valence-electron chi connectivity index (χ0n) is 12.8. The maximum Gasteiger partial charge on any atom is 0.340 e. The fraction of sp³-hybridized carbons (Fsp3) is 0.118. The van der Waals surface area contributed by atoms with E-state index in [1.807, 2.05) is 6.07 Å². The zero-order chi connectivity index (χ0) is 18.6. The second-order valence-corrected chi connectivity index (χ2v) is 5.79. The van der Waals surface area contributed by atoms with Crippen LogP contribution in [0.2, 0.25) is 10.0 Å². The first-order chi connectivity index (χ1) is 11.8. The van der Waals surface area contributed by atoms with Gasteiger partial charge in [0, 0.05) is 5.69 Å². The zero-order valence-corrected chi connectivity index (χ0v) is 14.4. The van der Waals surface area contributed by atoms with Gasteiger partial charge in [-0.25, -0.2) is 9.18 Å². The maximum atomic E-state index is 13.5. The molecule has 1 amide bonds. The van der Waals surface area contributed by atoms with Crippen LogP contribution in [0.5, 0.6) is 0 Å². The predicted octanol–water partition coefficient (Wildman–Crippen LogP) is 4.19. The van der Waals surface area contributed by atoms with Crippen LogP contribution >= 0.6 is 23.2 Å². The number of hydrogen-bond donors (Lipinski definition) is 1. The van der Waals surface area contributed by atoms with Crippen LogP contribution in [-0.2, 0) is 9.53 Å². The van der Waals surface area contributed by atoms with Crippen molar-refractivity contribution in [3.8, 4) is 6.07 Å². The number of nitrogens with one attached hydrogen (secondary N) is 1. The summed E-state index contributed by atoms with van der Waals surface area (Å²) in [5.74, 6) is -2.41. The number of carbonyl (C=O) groups is 2. The molecule has 0 heterocycles. The number of esters is 1. The Morgan fingerprint density at radius 1 is 1.24 bits per heavy atom. The summed E-state index contributed by atoms with van der Waals surface area (Å²) < 4.78 is 18.5. The number of nitriles is 1. The Labute approximate surface area is 152 Å². The number of rotatable bonds is 4. The van der Waals surface area contributed by atoms with E-state index in [-0.39, 0.29) is 15.6 Å². The molecule has 0 aromatic heterocycles. The van der Waals surface area contributed by atoms with Gasteiger partial charge in [-0.05, 0) is 37.3 Å². The van der Waals surface area contributed by atoms with E-state index in [0.717, 1.165) is 12.1 Å². The van der Waals surface area contributed by atoms with Crippen molar-refractivity contribution in [1.29, 1.82) is 5.26 Å². The Morgan fingerprint density at radius 3 is 2.64 bits per heavy atom. The van der Waals surface area contributed by atoms with Crippen molar-refractivity contribution in [1.82, 2.24) is 0 Å². The summed E-state index contributed by atoms with van der Waals surface area (Å²) in [6.45, 7) is 1.35. The molecular formula is C17H11Cl2FN2O3. The number of anilines is 1. The van der Waals surface area contributed by atoms with Crippen LogP contribution in [0.3, 0.4) is 0 Å². The van der Waals surface area contributed by atoms with Crippen molar-refractivity contribution in [3.05, 3.63) is 63.4 Å². The highest BCUT2D eigenvalue weighted by atomic mass is 35.5. The summed E-state index contributed by atoms with van der Waals surface area (Å²) in [7, 11) is 0. The number of carbonyl (C=O) groups excluding carboxylic acids is 2. The van der Waals surface area contributed by atoms with Crippen LogP contribution in [-0.4, -0.2) is 18.0 Å². The molecule has 0 fully saturated rings. The third-order valence-electron chi connectivity index (χ3n) is 3.14. The number of hydrogen-bond acceptors (Lipinski definition) is 4. The molecule has 5 nitrogen and oxygen atoms in total. The summed E-state index contributed by atoms with van der Waals surface area (Å²) in [6, 6.07) is 10.1. The normalized spacial score (nSPS) is 11.3. The van der Waals surface area contributed by atoms with E-state index in [4.69, 9.17) is 33.2 Å². The number of ether oxygens (including phenoxy) is 1. The second kappa shape index (κ2) is 7.97. The Kier molecular flexibility index (Phi) is 5.97. The predicted molar refractivity (Wildman–Crippen MR) is 91.1 cm³/mol. The first-order valence-electron chi connectivity index (χ1n) is 6.98. The first-order valence-corrected chi connectivity index (χ1v) is 7.74. The van der Waals surface area contributed by atoms with Crippen LogP contribution in [0.1, 0.15) is 22.8 Å². The average molecular weight is 381 g/mol. The van der Waals surface area contributed by atoms with Gasteiger partial charge in [-0.3, -0.25) is 4.79 Å². The van der Waals surface area contributed by atoms with Crippen molar-refractivity contribution < 1.29 is 18.7 Å². The molecule has 0 saturated heterocycles. The minimum Gasteiger partial charge on any atom is -0.449 e. The molecular weight excluding hydrogens is 370 g/mol. The lowest BCUT2D eigenvalue weighted by molar-refractivity contribution is -0.123. The van der Waals surface area contributed by atoms with Gasteiger partial charge in [0.15, 0.2) is 6.10 Å². The van der Waals surface area contributed by atoms with Crippen molar-refractivity contribution >= 4 is 40.8 Å². The van der Waals surface area contributed by atoms with Crippen molar-refractivity contribution in [2.45, 2.75) is 13.0 Å². The highest BCUT2D eigenvalue weighted by Gasteiger charge is 2.22. The number of amides is 1. The second-order valence-electron chi connectivity index (χ2n) is 4.98. The molecule has 8 heteroatoms. The van der Waals surface area contributed by atoms with Gasteiger partial charge in [0.1, 0.15) is 5.82 Å². The third kappa shape index (κ3) is 4.69. The molecule has 0 aliphatic rings. The van der Waals surface area contributed by atoms with E-state index in [1.54, 1.807) is 18.2 Å². The van der Waals surface area contributed by atoms with Gasteiger partial charge in [0.05, 0.1) is 27.2 Å². The molecule has 0 unspecified atom stereocenters. The van der Waals surface area contributed by atoms with E-state index in [9.17, 15) is 14.0 Å². The monoisotopic (exact) mass is 380 g/mol. The highest BCUT2D eigenvalue weighted by molar-refractivity contribution is 6.36. The van der Waals surface area contributed by atoms with Crippen molar-refractivity contribution in [3.63, 3.8) is 0 Å². The van der Waals surface area contributed by atoms with Gasteiger partial charge >= 0.3 is 5.97 Å². The SMILES string of the molecule is C[C@@H](OC(=O)c1cc(F)c(Cl)cc1Cl)C(=O)Nc1cccc(C#N)c1. The van der Waals surface area contributed by atoms with Crippen LogP contribution in [0.15, 0.2) is 36.4 Å². The molecule has 1 atom stereocenters. The summed E-state index contributed by atoms with van der Waals surface area (Å²) in [6.07, 6.45) is -1.17. The molecule has 0 aliphatic heterocycles. The molecule has 0 aliphatic carbocycles. The Hall–Kier alpha value is -2.62. The lowest BCUT2D eigenvalue weighted by Crippen LogP contribution is -2.30. The molecule has 0 spiro atoms. The van der Waals surface area contributed by atoms with Crippen LogP contribution < -0.4 is 5.32 Å². The van der Waals surface area contributed by atoms with Crippen LogP contribution in [0, 0.1) is 17.1 Å². The molecule has 0 saturated carbocycles. The van der Waals surface area contributed by atoms with Gasteiger partial charge in [-0.15, -0.1) is 0 Å². The fourth-order valence-electron chi connectivity index (χ4n) is 1.87. The van der Waals surface area contributed by atoms with E-state index >= 15 is 0 Å². The summed E-state index contributed by atoms with van der Waals surface area (Å²) >= 11 is 11.4. The van der Waals surface area contributed by atoms with Crippen molar-refractivity contribution in [2.24, 2.45) is 0 Å². The molecule has 25 heavy (non-hydrogen) atoms. The van der Waals surface area contributed by atoms with Gasteiger partial charge in [-0.2, -0.15) is 5.26 Å². The van der Waals surface area contributed by atoms with Crippen LogP contribution in [0.4, 0.5) is 10.1 Å². The molecule has 0 bridgehead atoms. The Morgan fingerprint density at radius 2 is 1.96 bits per heavy atom. The third-order valence-corrected chi connectivity index (χ3v) is 3.74. The Bertz CT molecular complexity index is 881. The van der Waals surface area contributed by atoms with Crippen molar-refractivity contribution in [2.75, 3.05) is 5.32 Å². The molecule has 2 aromatic rings. The molecule has 2 rings (SSSR count). The minimum atomic E-state index is -1.17. The largest absolute Gasteiger partial charge is 0.449 e. The van der Waals surface area contributed by atoms with E-state index in [1.165, 1.54) is 13.0 Å². The highest BCUT2D eigenvalue weighted by Crippen LogP contribution is 2.25. The molecule has 128 valence electrons. The minimum absolute atomic E-state index is 0.0919. The number of halogens is 3. The first kappa shape index (κ1) is 18.7. The van der Waals surface area contributed by atoms with Crippen LogP contribution in [0.25, 0.3) is 0 Å². The lowest BCUT2D eigenvalue weighted by atomic mass is 10.2. The van der Waals surface area contributed by atoms with E-state index < -0.39 is 23.8 Å². The van der Waals surface area contributed by atoms with E-state index in [0.29, 0.717) is 11.3 Å². The standard InChI is InChI=1S/C17H11Cl2FN2O3/c1-9(16(23)22-11-4-2-3-10(5-11)8-21)25-17(24)12-6-15(20)14(19)7-13(12)18/h2-7,9H,1H3,(H,22,23)/t9-/m1/s1. The molecule has 1 N–H and O–H groups in total. The summed E-state index contributed by atoms with van der Waals surface area (Å²) in [4.78, 5) is 24.1. The van der Waals surface area contributed by atoms with Gasteiger partial charge in [0.25, 0.3) is 5.91 Å².